The van der Waals surface area contributed by atoms with Crippen molar-refractivity contribution in [2.75, 3.05) is 0 Å². The van der Waals surface area contributed by atoms with Crippen molar-refractivity contribution in [2.24, 2.45) is 10.7 Å². The molecule has 2 N–H and O–H groups in total. The van der Waals surface area contributed by atoms with Gasteiger partial charge in [-0.25, -0.2) is 4.99 Å². The average molecular weight is 357 g/mol. The van der Waals surface area contributed by atoms with Crippen LogP contribution in [0.4, 0.5) is 5.69 Å². The molecule has 0 aliphatic carbocycles. The predicted molar refractivity (Wildman–Crippen MR) is 81.0 cm³/mol. The van der Waals surface area contributed by atoms with E-state index in [1.165, 1.54) is 0 Å². The van der Waals surface area contributed by atoms with Crippen LogP contribution in [0.15, 0.2) is 53.5 Å². The van der Waals surface area contributed by atoms with Crippen LogP contribution >= 0.6 is 34.2 Å². The second kappa shape index (κ2) is 5.51. The van der Waals surface area contributed by atoms with E-state index >= 15 is 0 Å². The Morgan fingerprint density at radius 3 is 2.47 bits per heavy atom. The number of aliphatic imine (C=N–C) groups is 1. The van der Waals surface area contributed by atoms with E-state index in [2.05, 4.69) is 27.6 Å². The van der Waals surface area contributed by atoms with Crippen LogP contribution in [0.1, 0.15) is 5.56 Å². The third kappa shape index (κ3) is 3.20. The lowest BCUT2D eigenvalue weighted by atomic mass is 10.2. The molecule has 2 aromatic carbocycles. The Bertz CT molecular complexity index is 553. The van der Waals surface area contributed by atoms with Gasteiger partial charge in [0.2, 0.25) is 0 Å². The van der Waals surface area contributed by atoms with E-state index in [1.54, 1.807) is 6.07 Å². The van der Waals surface area contributed by atoms with Gasteiger partial charge in [0.25, 0.3) is 0 Å². The molecular weight excluding hydrogens is 347 g/mol. The van der Waals surface area contributed by atoms with Crippen LogP contribution in [-0.2, 0) is 0 Å². The molecule has 0 spiro atoms. The summed E-state index contributed by atoms with van der Waals surface area (Å²) in [5.74, 6) is 0.505. The molecule has 86 valence electrons. The summed E-state index contributed by atoms with van der Waals surface area (Å²) in [5, 5.41) is 0.701. The van der Waals surface area contributed by atoms with Crippen molar-refractivity contribution in [1.82, 2.24) is 0 Å². The highest BCUT2D eigenvalue weighted by molar-refractivity contribution is 14.1. The van der Waals surface area contributed by atoms with Gasteiger partial charge in [-0.15, -0.1) is 0 Å². The van der Waals surface area contributed by atoms with E-state index < -0.39 is 0 Å². The first-order valence-electron chi connectivity index (χ1n) is 5.01. The van der Waals surface area contributed by atoms with Crippen molar-refractivity contribution >= 4 is 45.7 Å². The van der Waals surface area contributed by atoms with Gasteiger partial charge in [-0.3, -0.25) is 0 Å². The normalized spacial score (nSPS) is 11.5. The fourth-order valence-electron chi connectivity index (χ4n) is 1.38. The highest BCUT2D eigenvalue weighted by atomic mass is 127. The monoisotopic (exact) mass is 356 g/mol. The van der Waals surface area contributed by atoms with Crippen LogP contribution in [0.3, 0.4) is 0 Å². The minimum Gasteiger partial charge on any atom is -0.383 e. The van der Waals surface area contributed by atoms with Gasteiger partial charge in [0.1, 0.15) is 5.84 Å². The van der Waals surface area contributed by atoms with Crippen molar-refractivity contribution in [2.45, 2.75) is 0 Å². The van der Waals surface area contributed by atoms with Crippen LogP contribution in [0.2, 0.25) is 5.02 Å². The van der Waals surface area contributed by atoms with Crippen LogP contribution in [-0.4, -0.2) is 5.84 Å². The number of nitrogens with two attached hydrogens (primary N) is 1. The number of halogens is 2. The maximum atomic E-state index is 5.95. The number of hydrogen-bond acceptors (Lipinski definition) is 1. The quantitative estimate of drug-likeness (QED) is 0.493. The van der Waals surface area contributed by atoms with E-state index in [-0.39, 0.29) is 0 Å². The zero-order chi connectivity index (χ0) is 12.3. The van der Waals surface area contributed by atoms with Crippen molar-refractivity contribution < 1.29 is 0 Å². The number of amidine groups is 1. The first-order valence-corrected chi connectivity index (χ1v) is 6.47. The van der Waals surface area contributed by atoms with Gasteiger partial charge in [0.05, 0.1) is 5.69 Å². The van der Waals surface area contributed by atoms with Crippen molar-refractivity contribution in [3.63, 3.8) is 0 Å². The zero-order valence-electron chi connectivity index (χ0n) is 8.90. The number of nitrogens with zero attached hydrogens (tertiary/aromatic N) is 1. The molecule has 0 saturated carbocycles. The molecule has 0 aliphatic heterocycles. The summed E-state index contributed by atoms with van der Waals surface area (Å²) in [6.45, 7) is 0. The van der Waals surface area contributed by atoms with Gasteiger partial charge >= 0.3 is 0 Å². The maximum absolute atomic E-state index is 5.95. The van der Waals surface area contributed by atoms with Gasteiger partial charge in [-0.1, -0.05) is 41.9 Å². The molecule has 0 unspecified atom stereocenters. The fourth-order valence-corrected chi connectivity index (χ4v) is 2.37. The molecule has 0 saturated heterocycles. The Hall–Kier alpha value is -1.07. The van der Waals surface area contributed by atoms with Crippen LogP contribution in [0.25, 0.3) is 0 Å². The first kappa shape index (κ1) is 12.4. The van der Waals surface area contributed by atoms with Crippen LogP contribution in [0.5, 0.6) is 0 Å². The topological polar surface area (TPSA) is 38.4 Å². The van der Waals surface area contributed by atoms with E-state index in [0.29, 0.717) is 10.9 Å². The summed E-state index contributed by atoms with van der Waals surface area (Å²) in [6, 6.07) is 15.2. The second-order valence-corrected chi connectivity index (χ2v) is 5.06. The van der Waals surface area contributed by atoms with Crippen LogP contribution < -0.4 is 5.73 Å². The molecule has 0 bridgehead atoms. The third-order valence-electron chi connectivity index (χ3n) is 2.22. The summed E-state index contributed by atoms with van der Waals surface area (Å²) in [6.07, 6.45) is 0. The van der Waals surface area contributed by atoms with Crippen molar-refractivity contribution in [1.29, 1.82) is 0 Å². The molecule has 0 aromatic heterocycles. The van der Waals surface area contributed by atoms with Crippen molar-refractivity contribution in [3.8, 4) is 0 Å². The van der Waals surface area contributed by atoms with E-state index in [1.807, 2.05) is 42.5 Å². The van der Waals surface area contributed by atoms with Crippen LogP contribution in [0, 0.1) is 3.57 Å². The number of rotatable bonds is 2. The van der Waals surface area contributed by atoms with E-state index in [4.69, 9.17) is 17.3 Å². The molecule has 0 aliphatic rings. The largest absolute Gasteiger partial charge is 0.383 e. The van der Waals surface area contributed by atoms with Gasteiger partial charge in [-0.2, -0.15) is 0 Å². The lowest BCUT2D eigenvalue weighted by Crippen LogP contribution is -2.12. The van der Waals surface area contributed by atoms with Gasteiger partial charge in [0, 0.05) is 14.2 Å². The SMILES string of the molecule is NC(=Nc1ccc(Cl)cc1I)c1ccccc1. The van der Waals surface area contributed by atoms with E-state index in [0.717, 1.165) is 14.8 Å². The highest BCUT2D eigenvalue weighted by Gasteiger charge is 2.01. The molecule has 0 heterocycles. The molecule has 0 amide bonds. The highest BCUT2D eigenvalue weighted by Crippen LogP contribution is 2.25. The summed E-state index contributed by atoms with van der Waals surface area (Å²) in [4.78, 5) is 4.40. The smallest absolute Gasteiger partial charge is 0.131 e. The molecule has 2 rings (SSSR count). The summed E-state index contributed by atoms with van der Waals surface area (Å²) in [5.41, 5.74) is 7.69. The minimum absolute atomic E-state index is 0.505. The minimum atomic E-state index is 0.505. The second-order valence-electron chi connectivity index (χ2n) is 3.46. The molecule has 0 atom stereocenters. The van der Waals surface area contributed by atoms with Gasteiger partial charge < -0.3 is 5.73 Å². The molecule has 0 radical (unpaired) electrons. The molecular formula is C13H10ClIN2. The van der Waals surface area contributed by atoms with Gasteiger partial charge in [-0.05, 0) is 40.8 Å². The summed E-state index contributed by atoms with van der Waals surface area (Å²) < 4.78 is 0.981. The Morgan fingerprint density at radius 2 is 1.82 bits per heavy atom. The van der Waals surface area contributed by atoms with Crippen molar-refractivity contribution in [3.05, 3.63) is 62.7 Å². The molecule has 17 heavy (non-hydrogen) atoms. The average Bonchev–Trinajstić information content (AvgIpc) is 2.34. The standard InChI is InChI=1S/C13H10ClIN2/c14-10-6-7-12(11(15)8-10)17-13(16)9-4-2-1-3-5-9/h1-8H,(H2,16,17). The first-order chi connectivity index (χ1) is 8.16. The Kier molecular flexibility index (Phi) is 4.02. The Balaban J connectivity index is 2.36. The molecule has 4 heteroatoms. The maximum Gasteiger partial charge on any atom is 0.131 e. The predicted octanol–water partition coefficient (Wildman–Crippen LogP) is 3.98. The summed E-state index contributed by atoms with van der Waals surface area (Å²) >= 11 is 8.08. The number of benzene rings is 2. The molecule has 2 nitrogen and oxygen atoms in total. The lowest BCUT2D eigenvalue weighted by Gasteiger charge is -2.03. The van der Waals surface area contributed by atoms with E-state index in [9.17, 15) is 0 Å². The molecule has 0 fully saturated rings. The molecule has 2 aromatic rings. The Morgan fingerprint density at radius 1 is 1.12 bits per heavy atom. The third-order valence-corrected chi connectivity index (χ3v) is 3.32. The van der Waals surface area contributed by atoms with Gasteiger partial charge in [0.15, 0.2) is 0 Å². The Labute approximate surface area is 119 Å². The summed E-state index contributed by atoms with van der Waals surface area (Å²) in [7, 11) is 0. The zero-order valence-corrected chi connectivity index (χ0v) is 11.8. The fraction of sp³-hybridized carbons (Fsp3) is 0. The lowest BCUT2D eigenvalue weighted by molar-refractivity contribution is 1.43. The number of hydrogen-bond donors (Lipinski definition) is 1.